The van der Waals surface area contributed by atoms with Crippen LogP contribution in [-0.2, 0) is 4.79 Å². The molecule has 0 atom stereocenters. The predicted octanol–water partition coefficient (Wildman–Crippen LogP) is 4.17. The maximum absolute atomic E-state index is 12.3. The summed E-state index contributed by atoms with van der Waals surface area (Å²) in [4.78, 5) is 12.3. The lowest BCUT2D eigenvalue weighted by Crippen LogP contribution is -2.33. The molecule has 2 heteroatoms. The summed E-state index contributed by atoms with van der Waals surface area (Å²) in [6.07, 6.45) is 13.7. The molecule has 0 amide bonds. The van der Waals surface area contributed by atoms with Crippen molar-refractivity contribution in [3.63, 3.8) is 0 Å². The number of nitrogens with one attached hydrogen (secondary N) is 1. The van der Waals surface area contributed by atoms with E-state index in [0.29, 0.717) is 0 Å². The molecule has 0 saturated carbocycles. The Labute approximate surface area is 118 Å². The van der Waals surface area contributed by atoms with Crippen LogP contribution >= 0.6 is 0 Å². The van der Waals surface area contributed by atoms with Gasteiger partial charge in [-0.25, -0.2) is 0 Å². The lowest BCUT2D eigenvalue weighted by molar-refractivity contribution is -0.112. The van der Waals surface area contributed by atoms with Gasteiger partial charge in [0, 0.05) is 24.2 Å². The monoisotopic (exact) mass is 263 g/mol. The quantitative estimate of drug-likeness (QED) is 0.526. The van der Waals surface area contributed by atoms with Gasteiger partial charge in [-0.2, -0.15) is 0 Å². The molecule has 1 N–H and O–H groups in total. The van der Waals surface area contributed by atoms with Crippen molar-refractivity contribution in [3.8, 4) is 0 Å². The molecule has 1 fully saturated rings. The Bertz CT molecular complexity index is 298. The van der Waals surface area contributed by atoms with Gasteiger partial charge in [0.2, 0.25) is 0 Å². The molecule has 0 aliphatic carbocycles. The van der Waals surface area contributed by atoms with E-state index in [1.807, 2.05) is 0 Å². The van der Waals surface area contributed by atoms with E-state index in [1.54, 1.807) is 0 Å². The van der Waals surface area contributed by atoms with E-state index < -0.39 is 0 Å². The van der Waals surface area contributed by atoms with Gasteiger partial charge in [-0.1, -0.05) is 51.7 Å². The summed E-state index contributed by atoms with van der Waals surface area (Å²) in [5.74, 6) is 0.284. The minimum atomic E-state index is 0.284. The zero-order chi connectivity index (χ0) is 13.9. The van der Waals surface area contributed by atoms with Crippen molar-refractivity contribution in [3.05, 3.63) is 23.3 Å². The first-order chi connectivity index (χ1) is 9.29. The Kier molecular flexibility index (Phi) is 8.48. The molecule has 1 heterocycles. The van der Waals surface area contributed by atoms with Crippen molar-refractivity contribution in [1.29, 1.82) is 0 Å². The fourth-order valence-electron chi connectivity index (χ4n) is 2.37. The SMILES string of the molecule is CCCCCC=C1CNCC(=CCCCCC)C1=O. The van der Waals surface area contributed by atoms with Crippen LogP contribution in [-0.4, -0.2) is 18.9 Å². The molecule has 0 aromatic heterocycles. The maximum atomic E-state index is 12.3. The molecule has 2 nitrogen and oxygen atoms in total. The first kappa shape index (κ1) is 16.2. The Morgan fingerprint density at radius 2 is 1.37 bits per heavy atom. The molecular weight excluding hydrogens is 234 g/mol. The van der Waals surface area contributed by atoms with Gasteiger partial charge in [0.15, 0.2) is 5.78 Å². The number of ketones is 1. The van der Waals surface area contributed by atoms with Gasteiger partial charge >= 0.3 is 0 Å². The fourth-order valence-corrected chi connectivity index (χ4v) is 2.37. The van der Waals surface area contributed by atoms with Gasteiger partial charge in [-0.15, -0.1) is 0 Å². The highest BCUT2D eigenvalue weighted by molar-refractivity contribution is 6.09. The number of carbonyl (C=O) groups excluding carboxylic acids is 1. The molecule has 0 aromatic rings. The zero-order valence-corrected chi connectivity index (χ0v) is 12.6. The van der Waals surface area contributed by atoms with Crippen LogP contribution in [0.25, 0.3) is 0 Å². The van der Waals surface area contributed by atoms with Gasteiger partial charge in [0.1, 0.15) is 0 Å². The standard InChI is InChI=1S/C17H29NO/c1-3-5-7-9-11-15-13-18-14-16(17(15)19)12-10-8-6-4-2/h11-12,18H,3-10,13-14H2,1-2H3. The van der Waals surface area contributed by atoms with E-state index in [2.05, 4.69) is 31.3 Å². The highest BCUT2D eigenvalue weighted by Crippen LogP contribution is 2.14. The number of piperidine rings is 1. The van der Waals surface area contributed by atoms with Crippen molar-refractivity contribution in [2.45, 2.75) is 65.2 Å². The third kappa shape index (κ3) is 6.20. The number of carbonyl (C=O) groups is 1. The highest BCUT2D eigenvalue weighted by atomic mass is 16.1. The number of rotatable bonds is 8. The summed E-state index contributed by atoms with van der Waals surface area (Å²) < 4.78 is 0. The second-order valence-electron chi connectivity index (χ2n) is 5.38. The first-order valence-corrected chi connectivity index (χ1v) is 7.93. The van der Waals surface area contributed by atoms with E-state index in [4.69, 9.17) is 0 Å². The topological polar surface area (TPSA) is 29.1 Å². The van der Waals surface area contributed by atoms with E-state index >= 15 is 0 Å². The summed E-state index contributed by atoms with van der Waals surface area (Å²) in [7, 11) is 0. The van der Waals surface area contributed by atoms with Crippen LogP contribution in [0.15, 0.2) is 23.3 Å². The van der Waals surface area contributed by atoms with Crippen molar-refractivity contribution < 1.29 is 4.79 Å². The number of unbranched alkanes of at least 4 members (excludes halogenated alkanes) is 6. The predicted molar refractivity (Wildman–Crippen MR) is 82.3 cm³/mol. The van der Waals surface area contributed by atoms with Crippen LogP contribution in [0, 0.1) is 0 Å². The lowest BCUT2D eigenvalue weighted by Gasteiger charge is -2.18. The second kappa shape index (κ2) is 9.96. The van der Waals surface area contributed by atoms with Crippen molar-refractivity contribution >= 4 is 5.78 Å². The van der Waals surface area contributed by atoms with Crippen LogP contribution in [0.4, 0.5) is 0 Å². The minimum Gasteiger partial charge on any atom is -0.308 e. The largest absolute Gasteiger partial charge is 0.308 e. The summed E-state index contributed by atoms with van der Waals surface area (Å²) in [5, 5.41) is 3.34. The second-order valence-corrected chi connectivity index (χ2v) is 5.38. The van der Waals surface area contributed by atoms with Crippen LogP contribution in [0.3, 0.4) is 0 Å². The van der Waals surface area contributed by atoms with Crippen LogP contribution < -0.4 is 5.32 Å². The molecule has 0 unspecified atom stereocenters. The summed E-state index contributed by atoms with van der Waals surface area (Å²) in [6, 6.07) is 0. The number of Topliss-reactive ketones (excluding diaryl/α,β-unsaturated/α-hetero) is 1. The van der Waals surface area contributed by atoms with E-state index in [9.17, 15) is 4.79 Å². The Morgan fingerprint density at radius 3 is 1.79 bits per heavy atom. The normalized spacial score (nSPS) is 20.4. The third-order valence-electron chi connectivity index (χ3n) is 3.61. The minimum absolute atomic E-state index is 0.284. The molecule has 1 rings (SSSR count). The Morgan fingerprint density at radius 1 is 0.895 bits per heavy atom. The number of hydrogen-bond donors (Lipinski definition) is 1. The molecule has 0 aromatic carbocycles. The maximum Gasteiger partial charge on any atom is 0.186 e. The highest BCUT2D eigenvalue weighted by Gasteiger charge is 2.18. The molecule has 0 spiro atoms. The van der Waals surface area contributed by atoms with E-state index in [-0.39, 0.29) is 5.78 Å². The van der Waals surface area contributed by atoms with Gasteiger partial charge < -0.3 is 5.32 Å². The molecular formula is C17H29NO. The molecule has 0 bridgehead atoms. The molecule has 108 valence electrons. The molecule has 1 aliphatic rings. The molecule has 19 heavy (non-hydrogen) atoms. The molecule has 1 aliphatic heterocycles. The van der Waals surface area contributed by atoms with E-state index in [0.717, 1.165) is 37.1 Å². The smallest absolute Gasteiger partial charge is 0.186 e. The summed E-state index contributed by atoms with van der Waals surface area (Å²) in [5.41, 5.74) is 1.95. The number of allylic oxidation sites excluding steroid dienone is 2. The van der Waals surface area contributed by atoms with Gasteiger partial charge in [0.25, 0.3) is 0 Å². The lowest BCUT2D eigenvalue weighted by atomic mass is 9.96. The average Bonchev–Trinajstić information content (AvgIpc) is 2.43. The molecule has 0 radical (unpaired) electrons. The molecule has 1 saturated heterocycles. The fraction of sp³-hybridized carbons (Fsp3) is 0.706. The van der Waals surface area contributed by atoms with Gasteiger partial charge in [-0.3, -0.25) is 4.79 Å². The Balaban J connectivity index is 2.45. The van der Waals surface area contributed by atoms with Gasteiger partial charge in [-0.05, 0) is 25.7 Å². The zero-order valence-electron chi connectivity index (χ0n) is 12.6. The Hall–Kier alpha value is -0.890. The van der Waals surface area contributed by atoms with Crippen LogP contribution in [0.5, 0.6) is 0 Å². The van der Waals surface area contributed by atoms with Crippen molar-refractivity contribution in [2.75, 3.05) is 13.1 Å². The van der Waals surface area contributed by atoms with Crippen molar-refractivity contribution in [1.82, 2.24) is 5.32 Å². The van der Waals surface area contributed by atoms with Crippen LogP contribution in [0.2, 0.25) is 0 Å². The number of hydrogen-bond acceptors (Lipinski definition) is 2. The summed E-state index contributed by atoms with van der Waals surface area (Å²) >= 11 is 0. The van der Waals surface area contributed by atoms with Crippen LogP contribution in [0.1, 0.15) is 65.2 Å². The van der Waals surface area contributed by atoms with Crippen molar-refractivity contribution in [2.24, 2.45) is 0 Å². The van der Waals surface area contributed by atoms with Gasteiger partial charge in [0.05, 0.1) is 0 Å². The van der Waals surface area contributed by atoms with E-state index in [1.165, 1.54) is 38.5 Å². The summed E-state index contributed by atoms with van der Waals surface area (Å²) in [6.45, 7) is 5.91. The third-order valence-corrected chi connectivity index (χ3v) is 3.61. The first-order valence-electron chi connectivity index (χ1n) is 7.93. The average molecular weight is 263 g/mol.